The van der Waals surface area contributed by atoms with Crippen molar-refractivity contribution < 1.29 is 27.7 Å². The molecule has 0 aliphatic rings. The molecule has 2 aromatic rings. The van der Waals surface area contributed by atoms with Crippen molar-refractivity contribution >= 4 is 27.6 Å². The van der Waals surface area contributed by atoms with Gasteiger partial charge in [-0.05, 0) is 46.2 Å². The molecule has 2 rings (SSSR count). The Morgan fingerprint density at radius 1 is 1.03 bits per heavy atom. The van der Waals surface area contributed by atoms with Crippen molar-refractivity contribution in [3.8, 4) is 0 Å². The third kappa shape index (κ3) is 7.59. The molecule has 2 N–H and O–H groups in total. The molecule has 11 heteroatoms. The number of para-hydroxylation sites is 1. The topological polar surface area (TPSA) is 145 Å². The van der Waals surface area contributed by atoms with Crippen LogP contribution in [0.4, 0.5) is 5.69 Å². The third-order valence-electron chi connectivity index (χ3n) is 5.14. The molecule has 0 bridgehead atoms. The van der Waals surface area contributed by atoms with Gasteiger partial charge < -0.3 is 10.1 Å². The van der Waals surface area contributed by atoms with Gasteiger partial charge in [-0.1, -0.05) is 48.9 Å². The molecule has 0 saturated heterocycles. The summed E-state index contributed by atoms with van der Waals surface area (Å²) in [6.07, 6.45) is 0. The Kier molecular flexibility index (Phi) is 8.74. The number of nitrogens with one attached hydrogen (secondary N) is 2. The zero-order valence-corrected chi connectivity index (χ0v) is 21.4. The van der Waals surface area contributed by atoms with Crippen molar-refractivity contribution in [3.05, 3.63) is 69.8 Å². The predicted molar refractivity (Wildman–Crippen MR) is 130 cm³/mol. The van der Waals surface area contributed by atoms with Crippen molar-refractivity contribution in [1.82, 2.24) is 10.0 Å². The third-order valence-corrected chi connectivity index (χ3v) is 6.73. The summed E-state index contributed by atoms with van der Waals surface area (Å²) >= 11 is 0. The standard InChI is InChI=1S/C24H31N3O7S/c1-15-11-13-18(14-12-15)16(2)21(23(29)34-24(4,5)6)25-22(28)17(3)26-35(32,33)20-10-8-7-9-19(20)27(30)31/h7-14,16-17,21,26H,1-6H3,(H,25,28)/t16?,17-,21-/m0/s1. The van der Waals surface area contributed by atoms with Gasteiger partial charge in [0.2, 0.25) is 15.9 Å². The van der Waals surface area contributed by atoms with E-state index in [4.69, 9.17) is 4.74 Å². The van der Waals surface area contributed by atoms with Crippen LogP contribution < -0.4 is 10.0 Å². The lowest BCUT2D eigenvalue weighted by atomic mass is 9.92. The first kappa shape index (κ1) is 27.9. The second-order valence-corrected chi connectivity index (χ2v) is 11.0. The molecular formula is C24H31N3O7S. The molecule has 0 aromatic heterocycles. The second-order valence-electron chi connectivity index (χ2n) is 9.29. The van der Waals surface area contributed by atoms with Gasteiger partial charge in [-0.3, -0.25) is 14.9 Å². The van der Waals surface area contributed by atoms with E-state index in [1.165, 1.54) is 19.1 Å². The van der Waals surface area contributed by atoms with E-state index < -0.39 is 61.0 Å². The summed E-state index contributed by atoms with van der Waals surface area (Å²) in [7, 11) is -4.41. The number of carbonyl (C=O) groups is 2. The Bertz CT molecular complexity index is 1190. The van der Waals surface area contributed by atoms with Crippen molar-refractivity contribution in [2.75, 3.05) is 0 Å². The van der Waals surface area contributed by atoms with Crippen LogP contribution in [-0.2, 0) is 24.3 Å². The molecule has 0 fully saturated rings. The van der Waals surface area contributed by atoms with E-state index in [1.54, 1.807) is 27.7 Å². The summed E-state index contributed by atoms with van der Waals surface area (Å²) in [6, 6.07) is 9.80. The smallest absolute Gasteiger partial charge is 0.329 e. The maximum Gasteiger partial charge on any atom is 0.329 e. The molecule has 0 radical (unpaired) electrons. The molecule has 0 heterocycles. The number of nitrogens with zero attached hydrogens (tertiary/aromatic N) is 1. The van der Waals surface area contributed by atoms with Gasteiger partial charge in [0, 0.05) is 12.0 Å². The Balaban J connectivity index is 2.28. The summed E-state index contributed by atoms with van der Waals surface area (Å²) in [4.78, 5) is 35.8. The lowest BCUT2D eigenvalue weighted by molar-refractivity contribution is -0.387. The lowest BCUT2D eigenvalue weighted by Crippen LogP contribution is -2.53. The molecule has 0 spiro atoms. The van der Waals surface area contributed by atoms with Gasteiger partial charge in [0.25, 0.3) is 5.69 Å². The molecule has 190 valence electrons. The van der Waals surface area contributed by atoms with Crippen LogP contribution in [0.1, 0.15) is 51.7 Å². The number of benzene rings is 2. The highest BCUT2D eigenvalue weighted by atomic mass is 32.2. The summed E-state index contributed by atoms with van der Waals surface area (Å²) in [5.41, 5.74) is 0.371. The van der Waals surface area contributed by atoms with E-state index in [9.17, 15) is 28.1 Å². The number of hydrogen-bond acceptors (Lipinski definition) is 7. The number of rotatable bonds is 9. The van der Waals surface area contributed by atoms with E-state index in [2.05, 4.69) is 10.0 Å². The Labute approximate surface area is 205 Å². The van der Waals surface area contributed by atoms with Gasteiger partial charge >= 0.3 is 5.97 Å². The van der Waals surface area contributed by atoms with Crippen LogP contribution in [0.3, 0.4) is 0 Å². The van der Waals surface area contributed by atoms with Gasteiger partial charge in [-0.15, -0.1) is 0 Å². The predicted octanol–water partition coefficient (Wildman–Crippen LogP) is 3.20. The first-order valence-electron chi connectivity index (χ1n) is 11.0. The number of esters is 1. The fourth-order valence-electron chi connectivity index (χ4n) is 3.28. The maximum absolute atomic E-state index is 13.0. The molecule has 2 aromatic carbocycles. The number of sulfonamides is 1. The molecular weight excluding hydrogens is 474 g/mol. The Morgan fingerprint density at radius 2 is 1.60 bits per heavy atom. The SMILES string of the molecule is Cc1ccc(C(C)[C@H](NC(=O)[C@H](C)NS(=O)(=O)c2ccccc2[N+](=O)[O-])C(=O)OC(C)(C)C)cc1. The van der Waals surface area contributed by atoms with E-state index in [1.807, 2.05) is 31.2 Å². The van der Waals surface area contributed by atoms with Crippen LogP contribution in [0.2, 0.25) is 0 Å². The van der Waals surface area contributed by atoms with E-state index in [-0.39, 0.29) is 0 Å². The quantitative estimate of drug-likeness (QED) is 0.302. The zero-order chi connectivity index (χ0) is 26.6. The van der Waals surface area contributed by atoms with Crippen molar-refractivity contribution in [1.29, 1.82) is 0 Å². The van der Waals surface area contributed by atoms with E-state index >= 15 is 0 Å². The minimum absolute atomic E-state index is 0.492. The van der Waals surface area contributed by atoms with Crippen LogP contribution in [0.5, 0.6) is 0 Å². The number of carbonyl (C=O) groups excluding carboxylic acids is 2. The Hall–Kier alpha value is -3.31. The number of hydrogen-bond donors (Lipinski definition) is 2. The molecule has 10 nitrogen and oxygen atoms in total. The first-order chi connectivity index (χ1) is 16.1. The average Bonchev–Trinajstić information content (AvgIpc) is 2.75. The van der Waals surface area contributed by atoms with Crippen LogP contribution in [0.15, 0.2) is 53.4 Å². The zero-order valence-electron chi connectivity index (χ0n) is 20.6. The molecule has 35 heavy (non-hydrogen) atoms. The molecule has 1 amide bonds. The maximum atomic E-state index is 13.0. The summed E-state index contributed by atoms with van der Waals surface area (Å²) in [6.45, 7) is 10.1. The number of ether oxygens (including phenoxy) is 1. The highest BCUT2D eigenvalue weighted by molar-refractivity contribution is 7.89. The highest BCUT2D eigenvalue weighted by Gasteiger charge is 2.35. The van der Waals surface area contributed by atoms with Crippen LogP contribution in [0.25, 0.3) is 0 Å². The largest absolute Gasteiger partial charge is 0.458 e. The molecule has 0 aliphatic carbocycles. The summed E-state index contributed by atoms with van der Waals surface area (Å²) in [5.74, 6) is -1.96. The van der Waals surface area contributed by atoms with Crippen molar-refractivity contribution in [3.63, 3.8) is 0 Å². The van der Waals surface area contributed by atoms with Crippen molar-refractivity contribution in [2.45, 2.75) is 70.0 Å². The fourth-order valence-corrected chi connectivity index (χ4v) is 4.65. The van der Waals surface area contributed by atoms with Gasteiger partial charge in [0.05, 0.1) is 11.0 Å². The lowest BCUT2D eigenvalue weighted by Gasteiger charge is -2.29. The normalized spacial score (nSPS) is 14.5. The number of nitro groups is 1. The first-order valence-corrected chi connectivity index (χ1v) is 12.5. The fraction of sp³-hybridized carbons (Fsp3) is 0.417. The minimum Gasteiger partial charge on any atom is -0.458 e. The van der Waals surface area contributed by atoms with Crippen LogP contribution in [-0.4, -0.2) is 42.9 Å². The average molecular weight is 506 g/mol. The monoisotopic (exact) mass is 505 g/mol. The van der Waals surface area contributed by atoms with Crippen LogP contribution >= 0.6 is 0 Å². The molecule has 0 aliphatic heterocycles. The van der Waals surface area contributed by atoms with Crippen LogP contribution in [0, 0.1) is 17.0 Å². The number of aryl methyl sites for hydroxylation is 1. The molecule has 3 atom stereocenters. The second kappa shape index (κ2) is 11.0. The Morgan fingerprint density at radius 3 is 2.14 bits per heavy atom. The van der Waals surface area contributed by atoms with E-state index in [0.717, 1.165) is 23.3 Å². The molecule has 1 unspecified atom stereocenters. The minimum atomic E-state index is -4.41. The number of amides is 1. The highest BCUT2D eigenvalue weighted by Crippen LogP contribution is 2.24. The molecule has 0 saturated carbocycles. The van der Waals surface area contributed by atoms with Gasteiger partial charge in [0.15, 0.2) is 4.90 Å². The summed E-state index contributed by atoms with van der Waals surface area (Å²) < 4.78 is 33.2. The van der Waals surface area contributed by atoms with Gasteiger partial charge in [0.1, 0.15) is 11.6 Å². The van der Waals surface area contributed by atoms with Crippen molar-refractivity contribution in [2.24, 2.45) is 0 Å². The van der Waals surface area contributed by atoms with E-state index in [0.29, 0.717) is 0 Å². The summed E-state index contributed by atoms with van der Waals surface area (Å²) in [5, 5.41) is 13.8. The number of nitro benzene ring substituents is 1. The van der Waals surface area contributed by atoms with Gasteiger partial charge in [-0.25, -0.2) is 13.2 Å². The van der Waals surface area contributed by atoms with Gasteiger partial charge in [-0.2, -0.15) is 4.72 Å².